The number of amides is 3. The Morgan fingerprint density at radius 3 is 1.67 bits per heavy atom. The van der Waals surface area contributed by atoms with Gasteiger partial charge in [0.2, 0.25) is 11.8 Å². The van der Waals surface area contributed by atoms with E-state index in [0.717, 1.165) is 0 Å². The van der Waals surface area contributed by atoms with Crippen molar-refractivity contribution in [2.75, 3.05) is 6.61 Å². The van der Waals surface area contributed by atoms with E-state index in [0.29, 0.717) is 12.3 Å². The van der Waals surface area contributed by atoms with Crippen LogP contribution in [0.4, 0.5) is 18.0 Å². The summed E-state index contributed by atoms with van der Waals surface area (Å²) in [5, 5.41) is 1.98. The maximum Gasteiger partial charge on any atom is 0.422 e. The first-order valence-electron chi connectivity index (χ1n) is 7.99. The van der Waals surface area contributed by atoms with E-state index in [4.69, 9.17) is 17.2 Å². The van der Waals surface area contributed by atoms with Gasteiger partial charge in [-0.25, -0.2) is 4.79 Å². The quantitative estimate of drug-likeness (QED) is 0.466. The van der Waals surface area contributed by atoms with Gasteiger partial charge >= 0.3 is 12.3 Å². The highest BCUT2D eigenvalue weighted by Crippen LogP contribution is 2.14. The third-order valence-electron chi connectivity index (χ3n) is 2.80. The van der Waals surface area contributed by atoms with E-state index in [1.807, 2.05) is 19.2 Å². The van der Waals surface area contributed by atoms with Gasteiger partial charge in [-0.15, -0.1) is 12.4 Å². The Kier molecular flexibility index (Phi) is 15.9. The summed E-state index contributed by atoms with van der Waals surface area (Å²) in [6.45, 7) is 5.86. The Labute approximate surface area is 163 Å². The molecule has 27 heavy (non-hydrogen) atoms. The first-order chi connectivity index (χ1) is 11.7. The molecule has 162 valence electrons. The van der Waals surface area contributed by atoms with Crippen LogP contribution in [0.1, 0.15) is 40.5 Å². The molecule has 0 aromatic heterocycles. The average Bonchev–Trinajstić information content (AvgIpc) is 2.43. The molecule has 12 heteroatoms. The third-order valence-corrected chi connectivity index (χ3v) is 2.80. The summed E-state index contributed by atoms with van der Waals surface area (Å²) in [6, 6.07) is -1.50. The summed E-state index contributed by atoms with van der Waals surface area (Å²) in [7, 11) is 0. The predicted octanol–water partition coefficient (Wildman–Crippen LogP) is 1.44. The number of alkyl carbamates (subject to hydrolysis) is 1. The van der Waals surface area contributed by atoms with Gasteiger partial charge in [0.25, 0.3) is 0 Å². The molecule has 0 unspecified atom stereocenters. The maximum atomic E-state index is 11.7. The molecule has 0 aliphatic rings. The van der Waals surface area contributed by atoms with Crippen molar-refractivity contribution in [1.29, 1.82) is 0 Å². The van der Waals surface area contributed by atoms with Gasteiger partial charge < -0.3 is 27.3 Å². The minimum atomic E-state index is -4.60. The molecule has 8 nitrogen and oxygen atoms in total. The van der Waals surface area contributed by atoms with Crippen molar-refractivity contribution in [2.24, 2.45) is 29.0 Å². The molecule has 7 N–H and O–H groups in total. The number of carbonyl (C=O) groups excluding carboxylic acids is 3. The van der Waals surface area contributed by atoms with Crippen molar-refractivity contribution in [3.05, 3.63) is 0 Å². The van der Waals surface area contributed by atoms with Gasteiger partial charge in [-0.2, -0.15) is 13.2 Å². The van der Waals surface area contributed by atoms with Crippen LogP contribution in [0.25, 0.3) is 0 Å². The normalized spacial score (nSPS) is 13.0. The number of hydrogen-bond donors (Lipinski definition) is 4. The van der Waals surface area contributed by atoms with Gasteiger partial charge in [-0.1, -0.05) is 27.7 Å². The lowest BCUT2D eigenvalue weighted by Gasteiger charge is -2.17. The predicted molar refractivity (Wildman–Crippen MR) is 96.8 cm³/mol. The fraction of sp³-hybridized carbons (Fsp3) is 0.800. The fourth-order valence-corrected chi connectivity index (χ4v) is 1.67. The van der Waals surface area contributed by atoms with Gasteiger partial charge in [0.1, 0.15) is 6.04 Å². The number of nitrogens with one attached hydrogen (secondary N) is 1. The molecule has 0 saturated heterocycles. The summed E-state index contributed by atoms with van der Waals surface area (Å²) >= 11 is 0. The number of ether oxygens (including phenoxy) is 1. The number of nitrogens with two attached hydrogens (primary N) is 3. The van der Waals surface area contributed by atoms with Crippen LogP contribution in [0.15, 0.2) is 0 Å². The fourth-order valence-electron chi connectivity index (χ4n) is 1.67. The van der Waals surface area contributed by atoms with E-state index in [-0.39, 0.29) is 24.7 Å². The summed E-state index contributed by atoms with van der Waals surface area (Å²) < 4.78 is 39.1. The highest BCUT2D eigenvalue weighted by Gasteiger charge is 2.30. The maximum absolute atomic E-state index is 11.7. The second-order valence-electron chi connectivity index (χ2n) is 6.56. The number of hydrogen-bond acceptors (Lipinski definition) is 5. The van der Waals surface area contributed by atoms with E-state index < -0.39 is 42.8 Å². The standard InChI is InChI=1S/C9H15F3N2O3.C6H14N2O.ClH/c1-5(2)3-6(7(13)15)14-8(16)17-4-9(10,11)12;1-4(2)3-5(7)6(8)9;/h5-6H,3-4H2,1-2H3,(H2,13,15)(H,14,16);4-5H,3,7H2,1-2H3,(H2,8,9);1H/t6-;5-;/m00./s1. The van der Waals surface area contributed by atoms with Gasteiger partial charge in [0, 0.05) is 0 Å². The molecule has 0 aliphatic carbocycles. The molecular weight excluding hydrogens is 393 g/mol. The number of rotatable bonds is 8. The van der Waals surface area contributed by atoms with Crippen molar-refractivity contribution >= 4 is 30.3 Å². The minimum Gasteiger partial charge on any atom is -0.440 e. The van der Waals surface area contributed by atoms with Crippen LogP contribution >= 0.6 is 12.4 Å². The Balaban J connectivity index is -0.000000491. The monoisotopic (exact) mass is 422 g/mol. The van der Waals surface area contributed by atoms with Crippen LogP contribution in [-0.2, 0) is 14.3 Å². The van der Waals surface area contributed by atoms with Crippen LogP contribution < -0.4 is 22.5 Å². The summed E-state index contributed by atoms with van der Waals surface area (Å²) in [4.78, 5) is 32.2. The molecule has 0 aliphatic heterocycles. The zero-order valence-corrected chi connectivity index (χ0v) is 16.7. The third kappa shape index (κ3) is 20.4. The molecule has 0 heterocycles. The molecular formula is C15H30ClF3N4O4. The van der Waals surface area contributed by atoms with Crippen molar-refractivity contribution < 1.29 is 32.3 Å². The highest BCUT2D eigenvalue weighted by molar-refractivity contribution is 5.85. The lowest BCUT2D eigenvalue weighted by atomic mass is 10.0. The molecule has 0 aromatic rings. The van der Waals surface area contributed by atoms with Crippen molar-refractivity contribution in [1.82, 2.24) is 5.32 Å². The molecule has 0 saturated carbocycles. The second-order valence-corrected chi connectivity index (χ2v) is 6.56. The highest BCUT2D eigenvalue weighted by atomic mass is 35.5. The Morgan fingerprint density at radius 2 is 1.41 bits per heavy atom. The molecule has 0 fully saturated rings. The molecule has 2 atom stereocenters. The molecule has 0 bridgehead atoms. The molecule has 0 radical (unpaired) electrons. The van der Waals surface area contributed by atoms with Crippen molar-refractivity contribution in [2.45, 2.75) is 58.8 Å². The van der Waals surface area contributed by atoms with Crippen LogP contribution in [-0.4, -0.2) is 42.8 Å². The first-order valence-corrected chi connectivity index (χ1v) is 7.99. The second kappa shape index (κ2) is 14.3. The molecule has 0 aromatic carbocycles. The van der Waals surface area contributed by atoms with Crippen LogP contribution in [0.5, 0.6) is 0 Å². The molecule has 3 amide bonds. The zero-order chi connectivity index (χ0) is 21.1. The van der Waals surface area contributed by atoms with E-state index in [2.05, 4.69) is 4.74 Å². The van der Waals surface area contributed by atoms with Gasteiger partial charge in [-0.05, 0) is 24.7 Å². The number of alkyl halides is 3. The zero-order valence-electron chi connectivity index (χ0n) is 15.8. The van der Waals surface area contributed by atoms with E-state index >= 15 is 0 Å². The van der Waals surface area contributed by atoms with Crippen molar-refractivity contribution in [3.63, 3.8) is 0 Å². The Morgan fingerprint density at radius 1 is 0.963 bits per heavy atom. The summed E-state index contributed by atoms with van der Waals surface area (Å²) in [6.07, 6.45) is -5.00. The van der Waals surface area contributed by atoms with Gasteiger partial charge in [0.15, 0.2) is 6.61 Å². The largest absolute Gasteiger partial charge is 0.440 e. The molecule has 0 rings (SSSR count). The lowest BCUT2D eigenvalue weighted by Crippen LogP contribution is -2.45. The summed E-state index contributed by atoms with van der Waals surface area (Å²) in [5.41, 5.74) is 15.2. The van der Waals surface area contributed by atoms with Crippen LogP contribution in [0.2, 0.25) is 0 Å². The van der Waals surface area contributed by atoms with Crippen LogP contribution in [0, 0.1) is 11.8 Å². The SMILES string of the molecule is CC(C)C[C@H](N)C(N)=O.CC(C)C[C@H](NC(=O)OCC(F)(F)F)C(N)=O.Cl. The number of carbonyl (C=O) groups is 3. The van der Waals surface area contributed by atoms with Gasteiger partial charge in [0.05, 0.1) is 6.04 Å². The first kappa shape index (κ1) is 30.0. The lowest BCUT2D eigenvalue weighted by molar-refractivity contribution is -0.160. The number of halogens is 4. The van der Waals surface area contributed by atoms with E-state index in [9.17, 15) is 27.6 Å². The van der Waals surface area contributed by atoms with Crippen LogP contribution in [0.3, 0.4) is 0 Å². The van der Waals surface area contributed by atoms with Crippen molar-refractivity contribution in [3.8, 4) is 0 Å². The Bertz CT molecular complexity index is 463. The Hall–Kier alpha value is -1.75. The summed E-state index contributed by atoms with van der Waals surface area (Å²) in [5.74, 6) is -0.741. The van der Waals surface area contributed by atoms with E-state index in [1.165, 1.54) is 0 Å². The van der Waals surface area contributed by atoms with Gasteiger partial charge in [-0.3, -0.25) is 9.59 Å². The topological polar surface area (TPSA) is 151 Å². The minimum absolute atomic E-state index is 0. The molecule has 0 spiro atoms. The van der Waals surface area contributed by atoms with E-state index in [1.54, 1.807) is 13.8 Å². The smallest absolute Gasteiger partial charge is 0.422 e. The number of primary amides is 2. The average molecular weight is 423 g/mol.